The van der Waals surface area contributed by atoms with Gasteiger partial charge in [0.1, 0.15) is 0 Å². The van der Waals surface area contributed by atoms with Crippen LogP contribution in [0.3, 0.4) is 0 Å². The summed E-state index contributed by atoms with van der Waals surface area (Å²) in [6, 6.07) is 0. The van der Waals surface area contributed by atoms with Crippen molar-refractivity contribution in [3.63, 3.8) is 0 Å². The Hall–Kier alpha value is 0.939. The third-order valence-corrected chi connectivity index (χ3v) is 6.06. The van der Waals surface area contributed by atoms with E-state index in [1.807, 2.05) is 0 Å². The van der Waals surface area contributed by atoms with Gasteiger partial charge in [0.2, 0.25) is 0 Å². The number of rotatable bonds is 3. The molecule has 1 radical (unpaired) electrons. The van der Waals surface area contributed by atoms with Crippen molar-refractivity contribution in [1.29, 1.82) is 0 Å². The number of alkyl halides is 2. The third kappa shape index (κ3) is 7.67. The third-order valence-electron chi connectivity index (χ3n) is 5.20. The van der Waals surface area contributed by atoms with Crippen molar-refractivity contribution in [1.82, 2.24) is 19.6 Å². The molecule has 0 aliphatic carbocycles. The van der Waals surface area contributed by atoms with Crippen LogP contribution in [0.4, 0.5) is 0 Å². The van der Waals surface area contributed by atoms with Crippen LogP contribution >= 0.6 is 23.2 Å². The minimum Gasteiger partial charge on any atom is -0.305 e. The van der Waals surface area contributed by atoms with Crippen LogP contribution in [-0.2, 0) is 17.1 Å². The van der Waals surface area contributed by atoms with Gasteiger partial charge < -0.3 is 14.7 Å². The predicted octanol–water partition coefficient (Wildman–Crippen LogP) is 2.56. The molecule has 0 N–H and O–H groups in total. The molecule has 2 saturated heterocycles. The summed E-state index contributed by atoms with van der Waals surface area (Å²) in [6.07, 6.45) is 4.57. The zero-order chi connectivity index (χ0) is 16.7. The molecular weight excluding hydrogens is 386 g/mol. The first-order valence-electron chi connectivity index (χ1n) is 9.27. The summed E-state index contributed by atoms with van der Waals surface area (Å²) in [4.78, 5) is 9.84. The van der Waals surface area contributed by atoms with Crippen molar-refractivity contribution in [3.8, 4) is 0 Å². The topological polar surface area (TPSA) is 13.0 Å². The molecule has 2 fully saturated rings. The Balaban J connectivity index is 0.00000288. The molecule has 141 valence electrons. The molecule has 2 heterocycles. The number of unbranched alkanes of at least 4 members (excludes halogenated alkanes) is 1. The first kappa shape index (κ1) is 23.0. The predicted molar refractivity (Wildman–Crippen MR) is 101 cm³/mol. The van der Waals surface area contributed by atoms with Gasteiger partial charge in [-0.3, -0.25) is 4.90 Å². The van der Waals surface area contributed by atoms with E-state index in [0.29, 0.717) is 0 Å². The van der Waals surface area contributed by atoms with E-state index in [2.05, 4.69) is 33.6 Å². The summed E-state index contributed by atoms with van der Waals surface area (Å²) in [5, 5.41) is 0. The van der Waals surface area contributed by atoms with Crippen LogP contribution in [0.15, 0.2) is 0 Å². The molecule has 0 aromatic rings. The van der Waals surface area contributed by atoms with Crippen LogP contribution in [0.25, 0.3) is 0 Å². The smallest absolute Gasteiger partial charge is 0.305 e. The quantitative estimate of drug-likeness (QED) is 0.395. The number of hydrogen-bond acceptors (Lipinski definition) is 4. The zero-order valence-electron chi connectivity index (χ0n) is 15.3. The van der Waals surface area contributed by atoms with Crippen LogP contribution < -0.4 is 0 Å². The fourth-order valence-corrected chi connectivity index (χ4v) is 3.96. The van der Waals surface area contributed by atoms with Gasteiger partial charge in [0.15, 0.2) is 4.46 Å². The first-order chi connectivity index (χ1) is 11.0. The van der Waals surface area contributed by atoms with E-state index in [-0.39, 0.29) is 17.1 Å². The van der Waals surface area contributed by atoms with E-state index >= 15 is 0 Å². The average molecular weight is 420 g/mol. The van der Waals surface area contributed by atoms with E-state index in [0.717, 1.165) is 58.8 Å². The molecule has 2 atom stereocenters. The summed E-state index contributed by atoms with van der Waals surface area (Å²) in [5.41, 5.74) is 0. The minimum atomic E-state index is -0.743. The number of hydrogen-bond donors (Lipinski definition) is 0. The van der Waals surface area contributed by atoms with Crippen LogP contribution in [0.2, 0.25) is 0 Å². The molecule has 7 heteroatoms. The Morgan fingerprint density at radius 3 is 2.33 bits per heavy atom. The van der Waals surface area contributed by atoms with Crippen molar-refractivity contribution >= 4 is 23.2 Å². The largest absolute Gasteiger partial charge is 2.00 e. The molecule has 0 aromatic heterocycles. The average Bonchev–Trinajstić information content (AvgIpc) is 2.52. The van der Waals surface area contributed by atoms with Gasteiger partial charge in [-0.2, -0.15) is 0 Å². The maximum atomic E-state index is 6.76. The Bertz CT molecular complexity index is 347. The molecular formula is C17H34Cl2MnN4+2. The van der Waals surface area contributed by atoms with Gasteiger partial charge in [0, 0.05) is 52.2 Å². The van der Waals surface area contributed by atoms with Crippen molar-refractivity contribution in [2.24, 2.45) is 0 Å². The first-order valence-corrected chi connectivity index (χ1v) is 10.0. The second-order valence-electron chi connectivity index (χ2n) is 7.10. The van der Waals surface area contributed by atoms with E-state index < -0.39 is 4.46 Å². The molecule has 2 rings (SSSR count). The number of halogens is 2. The number of nitrogens with zero attached hydrogens (tertiary/aromatic N) is 4. The minimum absolute atomic E-state index is 0. The Labute approximate surface area is 169 Å². The van der Waals surface area contributed by atoms with Crippen molar-refractivity contribution in [2.75, 3.05) is 72.5 Å². The van der Waals surface area contributed by atoms with Gasteiger partial charge in [0.05, 0.1) is 0 Å². The Morgan fingerprint density at radius 2 is 1.58 bits per heavy atom. The second-order valence-corrected chi connectivity index (χ2v) is 8.54. The van der Waals surface area contributed by atoms with Gasteiger partial charge in [-0.1, -0.05) is 36.5 Å². The van der Waals surface area contributed by atoms with Gasteiger partial charge in [-0.05, 0) is 39.5 Å². The van der Waals surface area contributed by atoms with Crippen molar-refractivity contribution in [3.05, 3.63) is 0 Å². The van der Waals surface area contributed by atoms with Gasteiger partial charge in [-0.15, -0.1) is 0 Å². The summed E-state index contributed by atoms with van der Waals surface area (Å²) < 4.78 is -0.743. The summed E-state index contributed by atoms with van der Waals surface area (Å²) >= 11 is 13.5. The maximum absolute atomic E-state index is 6.76. The summed E-state index contributed by atoms with van der Waals surface area (Å²) in [5.74, 6) is 0. The van der Waals surface area contributed by atoms with Crippen LogP contribution in [0.5, 0.6) is 0 Å². The van der Waals surface area contributed by atoms with E-state index in [4.69, 9.17) is 23.2 Å². The molecule has 4 nitrogen and oxygen atoms in total. The normalized spacial score (nSPS) is 30.5. The van der Waals surface area contributed by atoms with Crippen LogP contribution in [0.1, 0.15) is 32.6 Å². The molecule has 0 amide bonds. The molecule has 0 spiro atoms. The van der Waals surface area contributed by atoms with Gasteiger partial charge in [0.25, 0.3) is 0 Å². The number of fused-ring (bicyclic) bond motifs is 3. The fraction of sp³-hybridized carbons (Fsp3) is 1.00. The maximum Gasteiger partial charge on any atom is 2.00 e. The Morgan fingerprint density at radius 1 is 0.875 bits per heavy atom. The van der Waals surface area contributed by atoms with Crippen LogP contribution in [0, 0.1) is 0 Å². The second kappa shape index (κ2) is 11.6. The molecule has 2 unspecified atom stereocenters. The fourth-order valence-electron chi connectivity index (χ4n) is 3.45. The standard InChI is InChI=1S/C17H34Cl2N4.Mn/c1-3-4-8-21-10-6-17(18,19)23-15-11-20(2)7-5-9-22(13-12-21)14-16-23;/h3-16H2,1-2H3;/q;+2. The van der Waals surface area contributed by atoms with Gasteiger partial charge >= 0.3 is 17.1 Å². The van der Waals surface area contributed by atoms with Crippen molar-refractivity contribution in [2.45, 2.75) is 37.1 Å². The zero-order valence-corrected chi connectivity index (χ0v) is 18.0. The van der Waals surface area contributed by atoms with E-state index in [1.54, 1.807) is 0 Å². The van der Waals surface area contributed by atoms with Crippen molar-refractivity contribution < 1.29 is 17.1 Å². The molecule has 2 aliphatic heterocycles. The van der Waals surface area contributed by atoms with Crippen LogP contribution in [-0.4, -0.2) is 96.6 Å². The van der Waals surface area contributed by atoms with E-state index in [9.17, 15) is 0 Å². The van der Waals surface area contributed by atoms with E-state index in [1.165, 1.54) is 32.4 Å². The summed E-state index contributed by atoms with van der Waals surface area (Å²) in [7, 11) is 2.20. The molecule has 0 saturated carbocycles. The van der Waals surface area contributed by atoms with Gasteiger partial charge in [-0.25, -0.2) is 0 Å². The molecule has 0 aromatic carbocycles. The molecule has 24 heavy (non-hydrogen) atoms. The molecule has 2 bridgehead atoms. The molecule has 2 aliphatic rings. The monoisotopic (exact) mass is 419 g/mol. The number of likely N-dealkylation sites (N-methyl/N-ethyl adjacent to an activating group) is 1. The SMILES string of the molecule is CCCCN1CCN2CCCN(C)CCN(CC2)C(Cl)(Cl)CC1.[Mn+2]. The Kier molecular flexibility index (Phi) is 11.1. The summed E-state index contributed by atoms with van der Waals surface area (Å²) in [6.45, 7) is 13.1.